The fraction of sp³-hybridized carbons (Fsp3) is 0.263. The number of halogens is 2. The average molecular weight is 344 g/mol. The number of amides is 2. The van der Waals surface area contributed by atoms with Gasteiger partial charge in [-0.05, 0) is 49.9 Å². The summed E-state index contributed by atoms with van der Waals surface area (Å²) in [4.78, 5) is 25.1. The first kappa shape index (κ1) is 17.1. The minimum Gasteiger partial charge on any atom is -0.325 e. The maximum atomic E-state index is 13.7. The van der Waals surface area contributed by atoms with Gasteiger partial charge in [0, 0.05) is 11.8 Å². The molecular weight excluding hydrogens is 326 g/mol. The lowest BCUT2D eigenvalue weighted by atomic mass is 10.0. The molecule has 2 aromatic carbocycles. The molecule has 0 bridgehead atoms. The second-order valence-electron chi connectivity index (χ2n) is 6.38. The van der Waals surface area contributed by atoms with Crippen molar-refractivity contribution in [2.45, 2.75) is 26.7 Å². The zero-order valence-corrected chi connectivity index (χ0v) is 14.0. The van der Waals surface area contributed by atoms with E-state index >= 15 is 0 Å². The van der Waals surface area contributed by atoms with Crippen molar-refractivity contribution in [2.75, 3.05) is 10.6 Å². The smallest absolute Gasteiger partial charge is 0.240 e. The van der Waals surface area contributed by atoms with Crippen molar-refractivity contribution in [1.29, 1.82) is 0 Å². The Balaban J connectivity index is 1.77. The summed E-state index contributed by atoms with van der Waals surface area (Å²) in [5, 5.41) is 5.21. The van der Waals surface area contributed by atoms with Crippen LogP contribution in [0.5, 0.6) is 0 Å². The summed E-state index contributed by atoms with van der Waals surface area (Å²) in [5.41, 5.74) is 1.12. The number of carbonyl (C=O) groups excluding carboxylic acids is 2. The van der Waals surface area contributed by atoms with Gasteiger partial charge in [-0.1, -0.05) is 18.2 Å². The minimum atomic E-state index is -1.21. The fourth-order valence-corrected chi connectivity index (χ4v) is 2.76. The van der Waals surface area contributed by atoms with E-state index in [0.29, 0.717) is 24.6 Å². The van der Waals surface area contributed by atoms with Crippen molar-refractivity contribution in [3.8, 4) is 0 Å². The quantitative estimate of drug-likeness (QED) is 0.826. The molecule has 130 valence electrons. The van der Waals surface area contributed by atoms with E-state index in [1.807, 2.05) is 32.0 Å². The molecule has 0 aromatic heterocycles. The molecule has 0 radical (unpaired) electrons. The molecule has 1 saturated carbocycles. The van der Waals surface area contributed by atoms with E-state index in [4.69, 9.17) is 0 Å². The van der Waals surface area contributed by atoms with E-state index in [9.17, 15) is 18.4 Å². The molecule has 0 aliphatic heterocycles. The topological polar surface area (TPSA) is 58.2 Å². The molecule has 0 atom stereocenters. The normalized spacial score (nSPS) is 14.7. The molecule has 4 nitrogen and oxygen atoms in total. The predicted octanol–water partition coefficient (Wildman–Crippen LogP) is 3.94. The zero-order chi connectivity index (χ0) is 18.2. The lowest BCUT2D eigenvalue weighted by molar-refractivity contribution is -0.131. The zero-order valence-electron chi connectivity index (χ0n) is 14.0. The van der Waals surface area contributed by atoms with Gasteiger partial charge < -0.3 is 10.6 Å². The van der Waals surface area contributed by atoms with Crippen LogP contribution in [0.1, 0.15) is 24.0 Å². The van der Waals surface area contributed by atoms with Gasteiger partial charge in [0.1, 0.15) is 17.0 Å². The van der Waals surface area contributed by atoms with E-state index in [1.54, 1.807) is 0 Å². The highest BCUT2D eigenvalue weighted by Crippen LogP contribution is 2.48. The fourth-order valence-electron chi connectivity index (χ4n) is 2.76. The first-order valence-corrected chi connectivity index (χ1v) is 7.98. The number of carbonyl (C=O) groups is 2. The van der Waals surface area contributed by atoms with Crippen molar-refractivity contribution in [3.05, 3.63) is 59.2 Å². The van der Waals surface area contributed by atoms with Gasteiger partial charge in [-0.15, -0.1) is 0 Å². The van der Waals surface area contributed by atoms with Gasteiger partial charge in [-0.25, -0.2) is 8.78 Å². The van der Waals surface area contributed by atoms with Crippen LogP contribution in [0, 0.1) is 30.9 Å². The highest BCUT2D eigenvalue weighted by molar-refractivity contribution is 6.17. The van der Waals surface area contributed by atoms with Crippen molar-refractivity contribution in [3.63, 3.8) is 0 Å². The van der Waals surface area contributed by atoms with E-state index in [-0.39, 0.29) is 5.69 Å². The van der Waals surface area contributed by atoms with Gasteiger partial charge >= 0.3 is 0 Å². The van der Waals surface area contributed by atoms with Crippen molar-refractivity contribution >= 4 is 23.2 Å². The summed E-state index contributed by atoms with van der Waals surface area (Å²) >= 11 is 0. The number of anilines is 2. The Kier molecular flexibility index (Phi) is 4.29. The number of benzene rings is 2. The number of rotatable bonds is 4. The molecule has 2 N–H and O–H groups in total. The molecule has 2 amide bonds. The molecule has 3 rings (SSSR count). The summed E-state index contributed by atoms with van der Waals surface area (Å²) in [6.45, 7) is 3.74. The number of hydrogen-bond acceptors (Lipinski definition) is 2. The molecule has 1 fully saturated rings. The Labute approximate surface area is 144 Å². The highest BCUT2D eigenvalue weighted by Gasteiger charge is 2.56. The minimum absolute atomic E-state index is 0.141. The largest absolute Gasteiger partial charge is 0.325 e. The van der Waals surface area contributed by atoms with Crippen LogP contribution < -0.4 is 10.6 Å². The maximum absolute atomic E-state index is 13.7. The summed E-state index contributed by atoms with van der Waals surface area (Å²) in [7, 11) is 0. The van der Waals surface area contributed by atoms with E-state index in [0.717, 1.165) is 23.3 Å². The van der Waals surface area contributed by atoms with Crippen LogP contribution in [0.4, 0.5) is 20.2 Å². The van der Waals surface area contributed by atoms with Gasteiger partial charge in [0.25, 0.3) is 0 Å². The molecule has 0 unspecified atom stereocenters. The average Bonchev–Trinajstić information content (AvgIpc) is 3.35. The predicted molar refractivity (Wildman–Crippen MR) is 91.2 cm³/mol. The molecule has 1 aliphatic rings. The van der Waals surface area contributed by atoms with Crippen LogP contribution in [0.2, 0.25) is 0 Å². The molecular formula is C19H18F2N2O2. The van der Waals surface area contributed by atoms with Gasteiger partial charge in [0.2, 0.25) is 11.8 Å². The van der Waals surface area contributed by atoms with Crippen molar-refractivity contribution in [2.24, 2.45) is 5.41 Å². The van der Waals surface area contributed by atoms with Crippen LogP contribution in [0.15, 0.2) is 36.4 Å². The van der Waals surface area contributed by atoms with Crippen LogP contribution in [0.25, 0.3) is 0 Å². The second kappa shape index (κ2) is 6.27. The molecule has 0 saturated heterocycles. The third kappa shape index (κ3) is 3.24. The van der Waals surface area contributed by atoms with Crippen LogP contribution in [0.3, 0.4) is 0 Å². The van der Waals surface area contributed by atoms with Crippen LogP contribution >= 0.6 is 0 Å². The Morgan fingerprint density at radius 2 is 1.56 bits per heavy atom. The van der Waals surface area contributed by atoms with Gasteiger partial charge in [0.05, 0.1) is 5.69 Å². The Hall–Kier alpha value is -2.76. The van der Waals surface area contributed by atoms with E-state index in [1.165, 1.54) is 0 Å². The monoisotopic (exact) mass is 344 g/mol. The summed E-state index contributed by atoms with van der Waals surface area (Å²) in [6, 6.07) is 8.51. The first-order chi connectivity index (χ1) is 11.8. The Bertz CT molecular complexity index is 840. The Morgan fingerprint density at radius 1 is 0.960 bits per heavy atom. The van der Waals surface area contributed by atoms with Gasteiger partial charge in [-0.2, -0.15) is 0 Å². The number of aryl methyl sites for hydroxylation is 2. The number of para-hydroxylation sites is 1. The standard InChI is InChI=1S/C19H18F2N2O2/c1-11-4-3-5-12(2)16(11)23-18(25)19(8-9-19)17(24)22-15-7-6-13(20)10-14(15)21/h3-7,10H,8-9H2,1-2H3,(H,22,24)(H,23,25). The second-order valence-corrected chi connectivity index (χ2v) is 6.38. The molecule has 0 spiro atoms. The lowest BCUT2D eigenvalue weighted by Gasteiger charge is -2.18. The highest BCUT2D eigenvalue weighted by atomic mass is 19.1. The van der Waals surface area contributed by atoms with Crippen molar-refractivity contribution < 1.29 is 18.4 Å². The van der Waals surface area contributed by atoms with Gasteiger partial charge in [-0.3, -0.25) is 9.59 Å². The lowest BCUT2D eigenvalue weighted by Crippen LogP contribution is -2.36. The molecule has 0 heterocycles. The maximum Gasteiger partial charge on any atom is 0.240 e. The molecule has 25 heavy (non-hydrogen) atoms. The Morgan fingerprint density at radius 3 is 2.12 bits per heavy atom. The van der Waals surface area contributed by atoms with Crippen molar-refractivity contribution in [1.82, 2.24) is 0 Å². The number of nitrogens with one attached hydrogen (secondary N) is 2. The van der Waals surface area contributed by atoms with E-state index < -0.39 is 28.9 Å². The summed E-state index contributed by atoms with van der Waals surface area (Å²) in [5.74, 6) is -2.60. The molecule has 1 aliphatic carbocycles. The first-order valence-electron chi connectivity index (χ1n) is 7.98. The number of hydrogen-bond donors (Lipinski definition) is 2. The van der Waals surface area contributed by atoms with Gasteiger partial charge in [0.15, 0.2) is 0 Å². The van der Waals surface area contributed by atoms with E-state index in [2.05, 4.69) is 10.6 Å². The van der Waals surface area contributed by atoms with Crippen LogP contribution in [-0.2, 0) is 9.59 Å². The van der Waals surface area contributed by atoms with Crippen LogP contribution in [-0.4, -0.2) is 11.8 Å². The SMILES string of the molecule is Cc1cccc(C)c1NC(=O)C1(C(=O)Nc2ccc(F)cc2F)CC1. The summed E-state index contributed by atoms with van der Waals surface area (Å²) < 4.78 is 26.7. The third-order valence-corrected chi connectivity index (χ3v) is 4.52. The summed E-state index contributed by atoms with van der Waals surface area (Å²) in [6.07, 6.45) is 0.775. The molecule has 2 aromatic rings. The molecule has 6 heteroatoms. The third-order valence-electron chi connectivity index (χ3n) is 4.52.